The first kappa shape index (κ1) is 14.8. The Kier molecular flexibility index (Phi) is 4.95. The summed E-state index contributed by atoms with van der Waals surface area (Å²) in [6.45, 7) is 0.544. The van der Waals surface area contributed by atoms with Gasteiger partial charge in [0, 0.05) is 10.7 Å². The molecule has 0 aliphatic carbocycles. The van der Waals surface area contributed by atoms with E-state index >= 15 is 0 Å². The molecule has 1 aromatic rings. The highest BCUT2D eigenvalue weighted by Gasteiger charge is 2.29. The van der Waals surface area contributed by atoms with Crippen LogP contribution in [0.15, 0.2) is 28.9 Å². The van der Waals surface area contributed by atoms with Crippen molar-refractivity contribution < 1.29 is 18.0 Å². The minimum absolute atomic E-state index is 0.151. The van der Waals surface area contributed by atoms with Crippen LogP contribution in [0.4, 0.5) is 13.2 Å². The van der Waals surface area contributed by atoms with E-state index in [0.717, 1.165) is 21.8 Å². The number of aryl methyl sites for hydroxylation is 1. The minimum atomic E-state index is -4.40. The molecule has 1 amide bonds. The highest BCUT2D eigenvalue weighted by molar-refractivity contribution is 9.10. The van der Waals surface area contributed by atoms with Crippen molar-refractivity contribution in [2.45, 2.75) is 13.1 Å². The van der Waals surface area contributed by atoms with Crippen molar-refractivity contribution in [3.63, 3.8) is 0 Å². The predicted octanol–water partition coefficient (Wildman–Crippen LogP) is 3.75. The maximum Gasteiger partial charge on any atom is 0.406 e. The van der Waals surface area contributed by atoms with Gasteiger partial charge in [-0.15, -0.1) is 0 Å². The molecule has 2 nitrogen and oxygen atoms in total. The minimum Gasteiger partial charge on any atom is -0.313 e. The van der Waals surface area contributed by atoms with Crippen LogP contribution < -0.4 is 0 Å². The van der Waals surface area contributed by atoms with Crippen molar-refractivity contribution in [3.05, 3.63) is 40.0 Å². The van der Waals surface area contributed by atoms with Crippen LogP contribution in [-0.2, 0) is 4.79 Å². The summed E-state index contributed by atoms with van der Waals surface area (Å²) in [7, 11) is 0. The van der Waals surface area contributed by atoms with Gasteiger partial charge in [-0.25, -0.2) is 0 Å². The van der Waals surface area contributed by atoms with Crippen LogP contribution in [0.1, 0.15) is 11.1 Å². The standard InChI is InChI=1S/C12H11BrF3NO/c1-9-6-11(13)3-2-10(9)4-5-17(8-18)7-12(14,15)16/h2-6,8H,7H2,1H3/b5-4-. The number of hydrogen-bond acceptors (Lipinski definition) is 1. The molecule has 1 aromatic carbocycles. The Labute approximate surface area is 111 Å². The zero-order valence-electron chi connectivity index (χ0n) is 9.54. The Morgan fingerprint density at radius 2 is 2.06 bits per heavy atom. The fraction of sp³-hybridized carbons (Fsp3) is 0.250. The Bertz CT molecular complexity index is 457. The molecule has 6 heteroatoms. The Balaban J connectivity index is 2.81. The number of carbonyl (C=O) groups excluding carboxylic acids is 1. The number of hydrogen-bond donors (Lipinski definition) is 0. The van der Waals surface area contributed by atoms with E-state index in [1.165, 1.54) is 6.08 Å². The van der Waals surface area contributed by atoms with Gasteiger partial charge in [0.25, 0.3) is 0 Å². The van der Waals surface area contributed by atoms with Gasteiger partial charge in [-0.2, -0.15) is 13.2 Å². The van der Waals surface area contributed by atoms with Gasteiger partial charge in [0.2, 0.25) is 6.41 Å². The monoisotopic (exact) mass is 321 g/mol. The molecule has 0 bridgehead atoms. The second-order valence-electron chi connectivity index (χ2n) is 3.71. The third kappa shape index (κ3) is 4.91. The summed E-state index contributed by atoms with van der Waals surface area (Å²) >= 11 is 3.29. The molecular weight excluding hydrogens is 311 g/mol. The molecule has 0 atom stereocenters. The Morgan fingerprint density at radius 3 is 2.56 bits per heavy atom. The van der Waals surface area contributed by atoms with Crippen molar-refractivity contribution in [3.8, 4) is 0 Å². The maximum atomic E-state index is 12.1. The van der Waals surface area contributed by atoms with E-state index in [1.54, 1.807) is 12.1 Å². The van der Waals surface area contributed by atoms with E-state index in [4.69, 9.17) is 0 Å². The molecule has 0 fully saturated rings. The van der Waals surface area contributed by atoms with E-state index in [0.29, 0.717) is 4.90 Å². The molecule has 1 rings (SSSR count). The summed E-state index contributed by atoms with van der Waals surface area (Å²) in [6.07, 6.45) is -1.66. The first-order valence-electron chi connectivity index (χ1n) is 5.04. The van der Waals surface area contributed by atoms with Gasteiger partial charge < -0.3 is 4.90 Å². The molecule has 0 saturated heterocycles. The van der Waals surface area contributed by atoms with Gasteiger partial charge in [-0.05, 0) is 36.3 Å². The quantitative estimate of drug-likeness (QED) is 0.773. The molecule has 0 saturated carbocycles. The van der Waals surface area contributed by atoms with Gasteiger partial charge in [-0.1, -0.05) is 22.0 Å². The number of rotatable bonds is 4. The summed E-state index contributed by atoms with van der Waals surface area (Å²) in [6, 6.07) is 5.38. The largest absolute Gasteiger partial charge is 0.406 e. The molecule has 98 valence electrons. The molecule has 0 radical (unpaired) electrons. The lowest BCUT2D eigenvalue weighted by atomic mass is 10.1. The molecule has 0 aromatic heterocycles. The number of nitrogens with zero attached hydrogens (tertiary/aromatic N) is 1. The lowest BCUT2D eigenvalue weighted by Crippen LogP contribution is -2.29. The van der Waals surface area contributed by atoms with Gasteiger partial charge in [0.05, 0.1) is 0 Å². The lowest BCUT2D eigenvalue weighted by molar-refractivity contribution is -0.148. The van der Waals surface area contributed by atoms with Gasteiger partial charge >= 0.3 is 6.18 Å². The van der Waals surface area contributed by atoms with Gasteiger partial charge in [0.15, 0.2) is 0 Å². The summed E-state index contributed by atoms with van der Waals surface area (Å²) in [5.41, 5.74) is 1.66. The van der Waals surface area contributed by atoms with Crippen molar-refractivity contribution in [1.29, 1.82) is 0 Å². The summed E-state index contributed by atoms with van der Waals surface area (Å²) < 4.78 is 37.2. The molecule has 18 heavy (non-hydrogen) atoms. The topological polar surface area (TPSA) is 20.3 Å². The van der Waals surface area contributed by atoms with Crippen LogP contribution >= 0.6 is 15.9 Å². The lowest BCUT2D eigenvalue weighted by Gasteiger charge is -2.14. The molecule has 0 spiro atoms. The third-order valence-electron chi connectivity index (χ3n) is 2.17. The second-order valence-corrected chi connectivity index (χ2v) is 4.63. The van der Waals surface area contributed by atoms with Crippen molar-refractivity contribution in [1.82, 2.24) is 4.90 Å². The van der Waals surface area contributed by atoms with Crippen LogP contribution in [0.25, 0.3) is 6.08 Å². The fourth-order valence-corrected chi connectivity index (χ4v) is 1.81. The number of amides is 1. The van der Waals surface area contributed by atoms with Crippen molar-refractivity contribution in [2.24, 2.45) is 0 Å². The average Bonchev–Trinajstić information content (AvgIpc) is 2.24. The average molecular weight is 322 g/mol. The van der Waals surface area contributed by atoms with E-state index < -0.39 is 12.7 Å². The zero-order chi connectivity index (χ0) is 13.8. The second kappa shape index (κ2) is 6.04. The Morgan fingerprint density at radius 1 is 1.39 bits per heavy atom. The Hall–Kier alpha value is -1.30. The highest BCUT2D eigenvalue weighted by atomic mass is 79.9. The third-order valence-corrected chi connectivity index (χ3v) is 2.67. The van der Waals surface area contributed by atoms with Crippen LogP contribution in [-0.4, -0.2) is 24.0 Å². The normalized spacial score (nSPS) is 11.8. The molecule has 0 heterocycles. The van der Waals surface area contributed by atoms with Crippen LogP contribution in [0.3, 0.4) is 0 Å². The first-order valence-corrected chi connectivity index (χ1v) is 5.83. The fourth-order valence-electron chi connectivity index (χ4n) is 1.33. The zero-order valence-corrected chi connectivity index (χ0v) is 11.1. The molecular formula is C12H11BrF3NO. The van der Waals surface area contributed by atoms with Crippen LogP contribution in [0, 0.1) is 6.92 Å². The molecule has 0 N–H and O–H groups in total. The van der Waals surface area contributed by atoms with E-state index in [-0.39, 0.29) is 6.41 Å². The van der Waals surface area contributed by atoms with Crippen molar-refractivity contribution >= 4 is 28.4 Å². The summed E-state index contributed by atoms with van der Waals surface area (Å²) in [5, 5.41) is 0. The van der Waals surface area contributed by atoms with Crippen LogP contribution in [0.5, 0.6) is 0 Å². The number of carbonyl (C=O) groups is 1. The smallest absolute Gasteiger partial charge is 0.313 e. The number of alkyl halides is 3. The maximum absolute atomic E-state index is 12.1. The summed E-state index contributed by atoms with van der Waals surface area (Å²) in [4.78, 5) is 11.1. The van der Waals surface area contributed by atoms with E-state index in [2.05, 4.69) is 15.9 Å². The molecule has 0 unspecified atom stereocenters. The van der Waals surface area contributed by atoms with Crippen molar-refractivity contribution in [2.75, 3.05) is 6.54 Å². The van der Waals surface area contributed by atoms with Gasteiger partial charge in [-0.3, -0.25) is 4.79 Å². The van der Waals surface area contributed by atoms with Gasteiger partial charge in [0.1, 0.15) is 6.54 Å². The first-order chi connectivity index (χ1) is 8.31. The van der Waals surface area contributed by atoms with Crippen LogP contribution in [0.2, 0.25) is 0 Å². The SMILES string of the molecule is Cc1cc(Br)ccc1/C=C\N(C=O)CC(F)(F)F. The highest BCUT2D eigenvalue weighted by Crippen LogP contribution is 2.19. The van der Waals surface area contributed by atoms with E-state index in [1.807, 2.05) is 13.0 Å². The number of benzene rings is 1. The van der Waals surface area contributed by atoms with E-state index in [9.17, 15) is 18.0 Å². The molecule has 0 aliphatic rings. The molecule has 0 aliphatic heterocycles. The predicted molar refractivity (Wildman–Crippen MR) is 66.7 cm³/mol. The number of halogens is 4. The summed E-state index contributed by atoms with van der Waals surface area (Å²) in [5.74, 6) is 0.